The van der Waals surface area contributed by atoms with E-state index >= 15 is 0 Å². The second-order valence-corrected chi connectivity index (χ2v) is 2.24. The molecule has 0 saturated carbocycles. The van der Waals surface area contributed by atoms with Crippen LogP contribution in [0.2, 0.25) is 0 Å². The molecule has 0 amide bonds. The molecule has 1 N–H and O–H groups in total. The van der Waals surface area contributed by atoms with Gasteiger partial charge in [-0.25, -0.2) is 9.69 Å². The van der Waals surface area contributed by atoms with E-state index in [9.17, 15) is 0 Å². The maximum absolute atomic E-state index is 9.06. The SMILES string of the molecule is CCOOB(O)Oc1ccccc1. The zero-order valence-electron chi connectivity index (χ0n) is 7.34. The Morgan fingerprint density at radius 1 is 1.31 bits per heavy atom. The molecule has 0 aliphatic heterocycles. The van der Waals surface area contributed by atoms with E-state index in [0.717, 1.165) is 0 Å². The Bertz CT molecular complexity index is 229. The third-order valence-electron chi connectivity index (χ3n) is 1.25. The number of hydrogen-bond acceptors (Lipinski definition) is 4. The highest BCUT2D eigenvalue weighted by Crippen LogP contribution is 2.08. The van der Waals surface area contributed by atoms with Crippen molar-refractivity contribution in [2.75, 3.05) is 6.61 Å². The van der Waals surface area contributed by atoms with E-state index in [1.165, 1.54) is 0 Å². The van der Waals surface area contributed by atoms with Crippen LogP contribution in [0.1, 0.15) is 6.92 Å². The van der Waals surface area contributed by atoms with Gasteiger partial charge < -0.3 is 9.68 Å². The predicted molar refractivity (Wildman–Crippen MR) is 47.8 cm³/mol. The van der Waals surface area contributed by atoms with E-state index in [-0.39, 0.29) is 0 Å². The summed E-state index contributed by atoms with van der Waals surface area (Å²) < 4.78 is 4.92. The van der Waals surface area contributed by atoms with Crippen molar-refractivity contribution in [1.29, 1.82) is 0 Å². The van der Waals surface area contributed by atoms with Crippen LogP contribution in [-0.4, -0.2) is 19.0 Å². The third-order valence-corrected chi connectivity index (χ3v) is 1.25. The summed E-state index contributed by atoms with van der Waals surface area (Å²) in [7, 11) is -1.39. The molecule has 0 aliphatic carbocycles. The monoisotopic (exact) mass is 182 g/mol. The Morgan fingerprint density at radius 3 is 2.62 bits per heavy atom. The highest BCUT2D eigenvalue weighted by molar-refractivity contribution is 6.35. The molecular formula is C8H11BO4. The first-order chi connectivity index (χ1) is 6.33. The number of para-hydroxylation sites is 1. The molecule has 0 radical (unpaired) electrons. The third kappa shape index (κ3) is 3.94. The number of benzene rings is 1. The normalized spacial score (nSPS) is 9.69. The van der Waals surface area contributed by atoms with Gasteiger partial charge in [-0.1, -0.05) is 18.2 Å². The van der Waals surface area contributed by atoms with Gasteiger partial charge in [0.2, 0.25) is 0 Å². The Labute approximate surface area is 77.2 Å². The molecule has 70 valence electrons. The van der Waals surface area contributed by atoms with Crippen molar-refractivity contribution >= 4 is 7.32 Å². The Morgan fingerprint density at radius 2 is 2.00 bits per heavy atom. The molecule has 1 rings (SSSR count). The molecule has 1 aromatic carbocycles. The van der Waals surface area contributed by atoms with E-state index in [4.69, 9.17) is 9.68 Å². The summed E-state index contributed by atoms with van der Waals surface area (Å²) >= 11 is 0. The van der Waals surface area contributed by atoms with Gasteiger partial charge in [-0.05, 0) is 19.1 Å². The van der Waals surface area contributed by atoms with E-state index < -0.39 is 7.32 Å². The molecule has 0 spiro atoms. The molecule has 13 heavy (non-hydrogen) atoms. The summed E-state index contributed by atoms with van der Waals surface area (Å²) in [6.07, 6.45) is 0. The van der Waals surface area contributed by atoms with E-state index in [2.05, 4.69) is 9.69 Å². The molecule has 4 nitrogen and oxygen atoms in total. The second-order valence-electron chi connectivity index (χ2n) is 2.24. The van der Waals surface area contributed by atoms with Crippen LogP contribution < -0.4 is 4.65 Å². The van der Waals surface area contributed by atoms with Crippen LogP contribution >= 0.6 is 0 Å². The molecule has 0 unspecified atom stereocenters. The minimum absolute atomic E-state index is 0.356. The lowest BCUT2D eigenvalue weighted by molar-refractivity contribution is -0.228. The predicted octanol–water partition coefficient (Wildman–Crippen LogP) is 1.01. The molecule has 0 atom stereocenters. The van der Waals surface area contributed by atoms with E-state index in [1.54, 1.807) is 31.2 Å². The molecular weight excluding hydrogens is 171 g/mol. The maximum atomic E-state index is 9.06. The van der Waals surface area contributed by atoms with Crippen LogP contribution in [0.4, 0.5) is 0 Å². The smallest absolute Gasteiger partial charge is 0.511 e. The van der Waals surface area contributed by atoms with Gasteiger partial charge in [-0.15, -0.1) is 0 Å². The molecule has 0 heterocycles. The van der Waals surface area contributed by atoms with Gasteiger partial charge in [-0.3, -0.25) is 0 Å². The van der Waals surface area contributed by atoms with Gasteiger partial charge in [0.15, 0.2) is 0 Å². The first-order valence-electron chi connectivity index (χ1n) is 4.01. The summed E-state index contributed by atoms with van der Waals surface area (Å²) in [5.41, 5.74) is 0. The highest BCUT2D eigenvalue weighted by Gasteiger charge is 2.19. The summed E-state index contributed by atoms with van der Waals surface area (Å²) in [6.45, 7) is 2.10. The fourth-order valence-corrected chi connectivity index (χ4v) is 0.761. The van der Waals surface area contributed by atoms with Crippen LogP contribution in [0, 0.1) is 0 Å². The second kappa shape index (κ2) is 5.58. The van der Waals surface area contributed by atoms with E-state index in [0.29, 0.717) is 12.4 Å². The van der Waals surface area contributed by atoms with Crippen LogP contribution in [0.5, 0.6) is 5.75 Å². The summed E-state index contributed by atoms with van der Waals surface area (Å²) in [5, 5.41) is 9.06. The van der Waals surface area contributed by atoms with Gasteiger partial charge in [0.05, 0.1) is 6.61 Å². The first kappa shape index (κ1) is 10.0. The summed E-state index contributed by atoms with van der Waals surface area (Å²) in [6, 6.07) is 8.85. The highest BCUT2D eigenvalue weighted by atomic mass is 17.2. The van der Waals surface area contributed by atoms with Crippen LogP contribution in [-0.2, 0) is 9.69 Å². The fraction of sp³-hybridized carbons (Fsp3) is 0.250. The van der Waals surface area contributed by atoms with Crippen LogP contribution in [0.25, 0.3) is 0 Å². The van der Waals surface area contributed by atoms with Crippen molar-refractivity contribution in [3.63, 3.8) is 0 Å². The molecule has 0 aromatic heterocycles. The first-order valence-corrected chi connectivity index (χ1v) is 4.01. The zero-order valence-corrected chi connectivity index (χ0v) is 7.34. The molecule has 1 aromatic rings. The van der Waals surface area contributed by atoms with Crippen molar-refractivity contribution in [3.05, 3.63) is 30.3 Å². The van der Waals surface area contributed by atoms with Gasteiger partial charge in [-0.2, -0.15) is 0 Å². The summed E-state index contributed by atoms with van der Waals surface area (Å²) in [5.74, 6) is 0.523. The standard InChI is InChI=1S/C8H11BO4/c1-2-11-13-9(10)12-8-6-4-3-5-7-8/h3-7,10H,2H2,1H3. The summed E-state index contributed by atoms with van der Waals surface area (Å²) in [4.78, 5) is 8.92. The Kier molecular flexibility index (Phi) is 4.32. The van der Waals surface area contributed by atoms with Crippen molar-refractivity contribution in [1.82, 2.24) is 0 Å². The van der Waals surface area contributed by atoms with Crippen molar-refractivity contribution in [2.24, 2.45) is 0 Å². The topological polar surface area (TPSA) is 47.9 Å². The molecule has 0 bridgehead atoms. The van der Waals surface area contributed by atoms with Gasteiger partial charge >= 0.3 is 7.32 Å². The molecule has 5 heteroatoms. The van der Waals surface area contributed by atoms with Crippen molar-refractivity contribution in [2.45, 2.75) is 6.92 Å². The Hall–Kier alpha value is -1.04. The lowest BCUT2D eigenvalue weighted by Gasteiger charge is -2.07. The van der Waals surface area contributed by atoms with Gasteiger partial charge in [0, 0.05) is 0 Å². The van der Waals surface area contributed by atoms with Gasteiger partial charge in [0.25, 0.3) is 0 Å². The lowest BCUT2D eigenvalue weighted by atomic mass is 10.2. The number of rotatable bonds is 5. The van der Waals surface area contributed by atoms with E-state index in [1.807, 2.05) is 6.07 Å². The minimum atomic E-state index is -1.39. The van der Waals surface area contributed by atoms with Crippen LogP contribution in [0.15, 0.2) is 30.3 Å². The average Bonchev–Trinajstić information content (AvgIpc) is 2.16. The van der Waals surface area contributed by atoms with Crippen LogP contribution in [0.3, 0.4) is 0 Å². The zero-order chi connectivity index (χ0) is 9.52. The minimum Gasteiger partial charge on any atom is -0.511 e. The molecule has 0 aliphatic rings. The Balaban J connectivity index is 2.32. The largest absolute Gasteiger partial charge is 0.739 e. The lowest BCUT2D eigenvalue weighted by Crippen LogP contribution is -2.26. The van der Waals surface area contributed by atoms with Gasteiger partial charge in [0.1, 0.15) is 5.75 Å². The fourth-order valence-electron chi connectivity index (χ4n) is 0.761. The van der Waals surface area contributed by atoms with Crippen molar-refractivity contribution in [3.8, 4) is 5.75 Å². The molecule has 0 saturated heterocycles. The average molecular weight is 182 g/mol. The quantitative estimate of drug-likeness (QED) is 0.419. The number of hydrogen-bond donors (Lipinski definition) is 1. The molecule has 0 fully saturated rings. The van der Waals surface area contributed by atoms with Crippen molar-refractivity contribution < 1.29 is 19.4 Å². The maximum Gasteiger partial charge on any atom is 0.739 e.